The summed E-state index contributed by atoms with van der Waals surface area (Å²) in [6, 6.07) is 6.72. The van der Waals surface area contributed by atoms with Gasteiger partial charge in [0.2, 0.25) is 0 Å². The lowest BCUT2D eigenvalue weighted by molar-refractivity contribution is 0.0979. The first kappa shape index (κ1) is 12.0. The zero-order valence-corrected chi connectivity index (χ0v) is 10.4. The summed E-state index contributed by atoms with van der Waals surface area (Å²) in [4.78, 5) is 11.8. The van der Waals surface area contributed by atoms with Gasteiger partial charge < -0.3 is 0 Å². The third kappa shape index (κ3) is 3.01. The molecule has 0 aliphatic carbocycles. The molecular formula is C14H13FOS. The molecule has 2 aromatic rings. The third-order valence-electron chi connectivity index (χ3n) is 2.65. The monoisotopic (exact) mass is 248 g/mol. The fraction of sp³-hybridized carbons (Fsp3) is 0.214. The molecule has 2 rings (SSSR count). The van der Waals surface area contributed by atoms with E-state index in [4.69, 9.17) is 0 Å². The zero-order chi connectivity index (χ0) is 12.3. The SMILES string of the molecule is Cc1ccc(C(=O)CCc2ccsc2)c(F)c1. The van der Waals surface area contributed by atoms with Gasteiger partial charge in [-0.2, -0.15) is 11.3 Å². The summed E-state index contributed by atoms with van der Waals surface area (Å²) in [5.74, 6) is -0.547. The maximum Gasteiger partial charge on any atom is 0.166 e. The van der Waals surface area contributed by atoms with Gasteiger partial charge in [-0.15, -0.1) is 0 Å². The Morgan fingerprint density at radius 2 is 2.18 bits per heavy atom. The number of Topliss-reactive ketones (excluding diaryl/α,β-unsaturated/α-hetero) is 1. The van der Waals surface area contributed by atoms with Gasteiger partial charge in [-0.3, -0.25) is 4.79 Å². The van der Waals surface area contributed by atoms with Crippen LogP contribution in [0.2, 0.25) is 0 Å². The van der Waals surface area contributed by atoms with Gasteiger partial charge in [-0.1, -0.05) is 6.07 Å². The van der Waals surface area contributed by atoms with Gasteiger partial charge in [0.15, 0.2) is 5.78 Å². The zero-order valence-electron chi connectivity index (χ0n) is 9.57. The van der Waals surface area contributed by atoms with Gasteiger partial charge in [0.25, 0.3) is 0 Å². The molecule has 1 nitrogen and oxygen atoms in total. The molecule has 0 bridgehead atoms. The van der Waals surface area contributed by atoms with Crippen molar-refractivity contribution in [2.75, 3.05) is 0 Å². The van der Waals surface area contributed by atoms with Crippen molar-refractivity contribution in [1.29, 1.82) is 0 Å². The van der Waals surface area contributed by atoms with Gasteiger partial charge >= 0.3 is 0 Å². The molecule has 3 heteroatoms. The number of ketones is 1. The number of thiophene rings is 1. The van der Waals surface area contributed by atoms with Crippen LogP contribution in [-0.4, -0.2) is 5.78 Å². The van der Waals surface area contributed by atoms with E-state index in [9.17, 15) is 9.18 Å². The van der Waals surface area contributed by atoms with Crippen LogP contribution < -0.4 is 0 Å². The van der Waals surface area contributed by atoms with Crippen molar-refractivity contribution in [1.82, 2.24) is 0 Å². The van der Waals surface area contributed by atoms with E-state index >= 15 is 0 Å². The van der Waals surface area contributed by atoms with E-state index in [0.717, 1.165) is 11.1 Å². The van der Waals surface area contributed by atoms with E-state index in [-0.39, 0.29) is 11.3 Å². The van der Waals surface area contributed by atoms with Crippen molar-refractivity contribution in [3.8, 4) is 0 Å². The molecule has 0 N–H and O–H groups in total. The number of halogens is 1. The molecule has 0 fully saturated rings. The second kappa shape index (κ2) is 5.23. The number of carbonyl (C=O) groups excluding carboxylic acids is 1. The van der Waals surface area contributed by atoms with Crippen LogP contribution in [0.1, 0.15) is 27.9 Å². The highest BCUT2D eigenvalue weighted by atomic mass is 32.1. The average molecular weight is 248 g/mol. The van der Waals surface area contributed by atoms with Gasteiger partial charge in [0.05, 0.1) is 5.56 Å². The van der Waals surface area contributed by atoms with E-state index < -0.39 is 5.82 Å². The highest BCUT2D eigenvalue weighted by molar-refractivity contribution is 7.07. The Balaban J connectivity index is 2.04. The van der Waals surface area contributed by atoms with Crippen LogP contribution in [-0.2, 0) is 6.42 Å². The summed E-state index contributed by atoms with van der Waals surface area (Å²) in [5, 5.41) is 3.99. The topological polar surface area (TPSA) is 17.1 Å². The molecule has 0 unspecified atom stereocenters. The summed E-state index contributed by atoms with van der Waals surface area (Å²) in [6.45, 7) is 1.81. The molecular weight excluding hydrogens is 235 g/mol. The molecule has 1 aromatic carbocycles. The van der Waals surface area contributed by atoms with Gasteiger partial charge in [0, 0.05) is 6.42 Å². The first-order valence-electron chi connectivity index (χ1n) is 5.47. The molecule has 0 saturated heterocycles. The van der Waals surface area contributed by atoms with Crippen LogP contribution in [0.5, 0.6) is 0 Å². The Kier molecular flexibility index (Phi) is 3.69. The minimum Gasteiger partial charge on any atom is -0.294 e. The quantitative estimate of drug-likeness (QED) is 0.747. The maximum absolute atomic E-state index is 13.5. The standard InChI is InChI=1S/C14H13FOS/c1-10-2-4-12(13(15)8-10)14(16)5-3-11-6-7-17-9-11/h2,4,6-9H,3,5H2,1H3. The minimum absolute atomic E-state index is 0.131. The lowest BCUT2D eigenvalue weighted by Crippen LogP contribution is -2.04. The average Bonchev–Trinajstić information content (AvgIpc) is 2.78. The van der Waals surface area contributed by atoms with Crippen molar-refractivity contribution < 1.29 is 9.18 Å². The molecule has 88 valence electrons. The second-order valence-electron chi connectivity index (χ2n) is 4.04. The molecule has 0 spiro atoms. The predicted molar refractivity (Wildman–Crippen MR) is 68.1 cm³/mol. The number of hydrogen-bond acceptors (Lipinski definition) is 2. The smallest absolute Gasteiger partial charge is 0.166 e. The van der Waals surface area contributed by atoms with Gasteiger partial charge in [-0.05, 0) is 53.4 Å². The Morgan fingerprint density at radius 1 is 1.35 bits per heavy atom. The number of carbonyl (C=O) groups is 1. The van der Waals surface area contributed by atoms with E-state index in [1.807, 2.05) is 23.8 Å². The highest BCUT2D eigenvalue weighted by Gasteiger charge is 2.11. The Bertz CT molecular complexity index is 517. The summed E-state index contributed by atoms with van der Waals surface area (Å²) in [6.07, 6.45) is 1.03. The fourth-order valence-corrected chi connectivity index (χ4v) is 2.38. The minimum atomic E-state index is -0.416. The molecule has 0 amide bonds. The first-order chi connectivity index (χ1) is 8.16. The molecule has 0 saturated carbocycles. The molecule has 0 atom stereocenters. The third-order valence-corrected chi connectivity index (χ3v) is 3.38. The van der Waals surface area contributed by atoms with E-state index in [1.54, 1.807) is 23.5 Å². The van der Waals surface area contributed by atoms with Crippen LogP contribution in [0.4, 0.5) is 4.39 Å². The fourth-order valence-electron chi connectivity index (χ4n) is 1.67. The highest BCUT2D eigenvalue weighted by Crippen LogP contribution is 2.15. The van der Waals surface area contributed by atoms with Crippen molar-refractivity contribution in [2.45, 2.75) is 19.8 Å². The van der Waals surface area contributed by atoms with Crippen LogP contribution in [0.25, 0.3) is 0 Å². The Hall–Kier alpha value is -1.48. The lowest BCUT2D eigenvalue weighted by atomic mass is 10.0. The predicted octanol–water partition coefficient (Wildman–Crippen LogP) is 4.01. The maximum atomic E-state index is 13.5. The van der Waals surface area contributed by atoms with E-state index in [1.165, 1.54) is 6.07 Å². The number of rotatable bonds is 4. The van der Waals surface area contributed by atoms with E-state index in [0.29, 0.717) is 12.8 Å². The van der Waals surface area contributed by atoms with Crippen LogP contribution in [0.15, 0.2) is 35.0 Å². The summed E-state index contributed by atoms with van der Waals surface area (Å²) in [5.41, 5.74) is 2.17. The first-order valence-corrected chi connectivity index (χ1v) is 6.41. The molecule has 0 aliphatic rings. The lowest BCUT2D eigenvalue weighted by Gasteiger charge is -2.03. The second-order valence-corrected chi connectivity index (χ2v) is 4.82. The summed E-state index contributed by atoms with van der Waals surface area (Å²) in [7, 11) is 0. The molecule has 0 aliphatic heterocycles. The Labute approximate surface area is 104 Å². The van der Waals surface area contributed by atoms with Crippen molar-refractivity contribution >= 4 is 17.1 Å². The summed E-state index contributed by atoms with van der Waals surface area (Å²) >= 11 is 1.61. The van der Waals surface area contributed by atoms with Crippen molar-refractivity contribution in [2.24, 2.45) is 0 Å². The van der Waals surface area contributed by atoms with Crippen molar-refractivity contribution in [3.63, 3.8) is 0 Å². The van der Waals surface area contributed by atoms with Crippen LogP contribution in [0.3, 0.4) is 0 Å². The number of hydrogen-bond donors (Lipinski definition) is 0. The molecule has 0 radical (unpaired) electrons. The van der Waals surface area contributed by atoms with Crippen molar-refractivity contribution in [3.05, 3.63) is 57.5 Å². The molecule has 1 heterocycles. The van der Waals surface area contributed by atoms with Gasteiger partial charge in [-0.25, -0.2) is 4.39 Å². The molecule has 1 aromatic heterocycles. The normalized spacial score (nSPS) is 10.5. The summed E-state index contributed by atoms with van der Waals surface area (Å²) < 4.78 is 13.5. The largest absolute Gasteiger partial charge is 0.294 e. The molecule has 17 heavy (non-hydrogen) atoms. The number of benzene rings is 1. The van der Waals surface area contributed by atoms with Gasteiger partial charge in [0.1, 0.15) is 5.82 Å². The van der Waals surface area contributed by atoms with Crippen LogP contribution in [0, 0.1) is 12.7 Å². The number of aryl methyl sites for hydroxylation is 2. The Morgan fingerprint density at radius 3 is 2.82 bits per heavy atom. The van der Waals surface area contributed by atoms with Crippen LogP contribution >= 0.6 is 11.3 Å². The van der Waals surface area contributed by atoms with E-state index in [2.05, 4.69) is 0 Å².